The molecule has 1 aromatic carbocycles. The highest BCUT2D eigenvalue weighted by Crippen LogP contribution is 2.17. The summed E-state index contributed by atoms with van der Waals surface area (Å²) in [7, 11) is 0. The number of hydrogen-bond donors (Lipinski definition) is 1. The van der Waals surface area contributed by atoms with Crippen molar-refractivity contribution in [1.82, 2.24) is 5.32 Å². The number of esters is 1. The minimum atomic E-state index is -0.197. The number of hydrogen-bond acceptors (Lipinski definition) is 4. The molecule has 1 fully saturated rings. The van der Waals surface area contributed by atoms with Gasteiger partial charge in [0, 0.05) is 19.2 Å². The molecule has 19 heavy (non-hydrogen) atoms. The molecular formula is C15H21NO3. The number of nitrogens with one attached hydrogen (secondary N) is 1. The summed E-state index contributed by atoms with van der Waals surface area (Å²) in [4.78, 5) is 11.9. The topological polar surface area (TPSA) is 47.6 Å². The summed E-state index contributed by atoms with van der Waals surface area (Å²) in [6.07, 6.45) is 0.844. The summed E-state index contributed by atoms with van der Waals surface area (Å²) in [6.45, 7) is 4.16. The standard InChI is InChI=1S/C15H21NO3/c1-2-19-15(17)13-11-18-9-8-14(13)16-10-12-6-4-3-5-7-12/h3-7,13-14,16H,2,8-11H2,1H3/t13-,14+/m0/s1. The Morgan fingerprint density at radius 3 is 2.95 bits per heavy atom. The number of benzene rings is 1. The fourth-order valence-electron chi connectivity index (χ4n) is 2.31. The van der Waals surface area contributed by atoms with Gasteiger partial charge in [0.2, 0.25) is 0 Å². The molecule has 1 aliphatic rings. The largest absolute Gasteiger partial charge is 0.466 e. The smallest absolute Gasteiger partial charge is 0.312 e. The van der Waals surface area contributed by atoms with E-state index in [4.69, 9.17) is 9.47 Å². The monoisotopic (exact) mass is 263 g/mol. The van der Waals surface area contributed by atoms with E-state index in [1.54, 1.807) is 0 Å². The summed E-state index contributed by atoms with van der Waals surface area (Å²) >= 11 is 0. The SMILES string of the molecule is CCOC(=O)[C@H]1COCC[C@H]1NCc1ccccc1. The molecule has 1 heterocycles. The van der Waals surface area contributed by atoms with E-state index >= 15 is 0 Å². The van der Waals surface area contributed by atoms with Gasteiger partial charge in [-0.15, -0.1) is 0 Å². The van der Waals surface area contributed by atoms with Crippen LogP contribution in [-0.2, 0) is 20.8 Å². The van der Waals surface area contributed by atoms with Crippen LogP contribution in [-0.4, -0.2) is 31.8 Å². The van der Waals surface area contributed by atoms with Gasteiger partial charge in [0.25, 0.3) is 0 Å². The zero-order valence-corrected chi connectivity index (χ0v) is 11.3. The lowest BCUT2D eigenvalue weighted by Gasteiger charge is -2.30. The number of rotatable bonds is 5. The molecule has 0 saturated carbocycles. The van der Waals surface area contributed by atoms with Crippen LogP contribution in [0.4, 0.5) is 0 Å². The van der Waals surface area contributed by atoms with Gasteiger partial charge in [-0.1, -0.05) is 30.3 Å². The molecule has 0 radical (unpaired) electrons. The third-order valence-corrected chi connectivity index (χ3v) is 3.36. The Morgan fingerprint density at radius 2 is 2.21 bits per heavy atom. The van der Waals surface area contributed by atoms with Crippen LogP contribution in [0.25, 0.3) is 0 Å². The summed E-state index contributed by atoms with van der Waals surface area (Å²) in [6, 6.07) is 10.3. The molecule has 0 amide bonds. The maximum absolute atomic E-state index is 11.9. The van der Waals surface area contributed by atoms with Crippen LogP contribution >= 0.6 is 0 Å². The van der Waals surface area contributed by atoms with E-state index in [9.17, 15) is 4.79 Å². The van der Waals surface area contributed by atoms with Gasteiger partial charge < -0.3 is 14.8 Å². The molecule has 1 aromatic rings. The van der Waals surface area contributed by atoms with Gasteiger partial charge in [-0.2, -0.15) is 0 Å². The molecule has 104 valence electrons. The van der Waals surface area contributed by atoms with Crippen molar-refractivity contribution < 1.29 is 14.3 Å². The fraction of sp³-hybridized carbons (Fsp3) is 0.533. The maximum Gasteiger partial charge on any atom is 0.312 e. The zero-order chi connectivity index (χ0) is 13.5. The van der Waals surface area contributed by atoms with Crippen molar-refractivity contribution in [1.29, 1.82) is 0 Å². The average molecular weight is 263 g/mol. The van der Waals surface area contributed by atoms with Crippen molar-refractivity contribution >= 4 is 5.97 Å². The van der Waals surface area contributed by atoms with E-state index < -0.39 is 0 Å². The highest BCUT2D eigenvalue weighted by molar-refractivity contribution is 5.73. The Kier molecular flexibility index (Phi) is 5.36. The normalized spacial score (nSPS) is 23.0. The molecule has 2 atom stereocenters. The van der Waals surface area contributed by atoms with Gasteiger partial charge in [-0.05, 0) is 18.9 Å². The molecule has 0 aliphatic carbocycles. The van der Waals surface area contributed by atoms with Crippen molar-refractivity contribution in [3.8, 4) is 0 Å². The molecule has 1 saturated heterocycles. The van der Waals surface area contributed by atoms with Crippen molar-refractivity contribution in [3.05, 3.63) is 35.9 Å². The zero-order valence-electron chi connectivity index (χ0n) is 11.3. The highest BCUT2D eigenvalue weighted by Gasteiger charge is 2.32. The third kappa shape index (κ3) is 4.04. The lowest BCUT2D eigenvalue weighted by atomic mass is 9.95. The second-order valence-corrected chi connectivity index (χ2v) is 4.70. The minimum Gasteiger partial charge on any atom is -0.466 e. The number of ether oxygens (including phenoxy) is 2. The lowest BCUT2D eigenvalue weighted by Crippen LogP contribution is -2.46. The Balaban J connectivity index is 1.90. The Hall–Kier alpha value is -1.39. The summed E-state index contributed by atoms with van der Waals surface area (Å²) in [5.41, 5.74) is 1.22. The molecule has 0 bridgehead atoms. The molecule has 1 aliphatic heterocycles. The van der Waals surface area contributed by atoms with Crippen LogP contribution in [0.5, 0.6) is 0 Å². The van der Waals surface area contributed by atoms with E-state index in [2.05, 4.69) is 17.4 Å². The van der Waals surface area contributed by atoms with Gasteiger partial charge in [0.1, 0.15) is 0 Å². The molecular weight excluding hydrogens is 242 g/mol. The first-order valence-electron chi connectivity index (χ1n) is 6.83. The number of carbonyl (C=O) groups excluding carboxylic acids is 1. The molecule has 0 spiro atoms. The predicted octanol–water partition coefficient (Wildman–Crippen LogP) is 1.74. The average Bonchev–Trinajstić information content (AvgIpc) is 2.47. The minimum absolute atomic E-state index is 0.132. The Morgan fingerprint density at radius 1 is 1.42 bits per heavy atom. The van der Waals surface area contributed by atoms with Crippen molar-refractivity contribution in [2.75, 3.05) is 19.8 Å². The van der Waals surface area contributed by atoms with E-state index in [1.165, 1.54) is 5.56 Å². The van der Waals surface area contributed by atoms with E-state index in [-0.39, 0.29) is 17.9 Å². The first-order chi connectivity index (χ1) is 9.31. The fourth-order valence-corrected chi connectivity index (χ4v) is 2.31. The van der Waals surface area contributed by atoms with Crippen molar-refractivity contribution in [3.63, 3.8) is 0 Å². The van der Waals surface area contributed by atoms with E-state index in [0.29, 0.717) is 19.8 Å². The van der Waals surface area contributed by atoms with E-state index in [0.717, 1.165) is 13.0 Å². The van der Waals surface area contributed by atoms with Gasteiger partial charge in [-0.3, -0.25) is 4.79 Å². The molecule has 4 heteroatoms. The van der Waals surface area contributed by atoms with Crippen LogP contribution in [0.15, 0.2) is 30.3 Å². The third-order valence-electron chi connectivity index (χ3n) is 3.36. The van der Waals surface area contributed by atoms with Gasteiger partial charge in [0.15, 0.2) is 0 Å². The van der Waals surface area contributed by atoms with Gasteiger partial charge >= 0.3 is 5.97 Å². The Bertz CT molecular complexity index is 394. The Labute approximate surface area is 114 Å². The molecule has 1 N–H and O–H groups in total. The second kappa shape index (κ2) is 7.26. The quantitative estimate of drug-likeness (QED) is 0.822. The molecule has 0 unspecified atom stereocenters. The van der Waals surface area contributed by atoms with Crippen molar-refractivity contribution in [2.45, 2.75) is 25.9 Å². The lowest BCUT2D eigenvalue weighted by molar-refractivity contribution is -0.154. The van der Waals surface area contributed by atoms with Gasteiger partial charge in [-0.25, -0.2) is 0 Å². The van der Waals surface area contributed by atoms with E-state index in [1.807, 2.05) is 25.1 Å². The van der Waals surface area contributed by atoms with Crippen LogP contribution in [0.1, 0.15) is 18.9 Å². The number of carbonyl (C=O) groups is 1. The highest BCUT2D eigenvalue weighted by atomic mass is 16.5. The van der Waals surface area contributed by atoms with Crippen LogP contribution in [0.3, 0.4) is 0 Å². The maximum atomic E-state index is 11.9. The van der Waals surface area contributed by atoms with Crippen LogP contribution < -0.4 is 5.32 Å². The molecule has 4 nitrogen and oxygen atoms in total. The van der Waals surface area contributed by atoms with Crippen LogP contribution in [0.2, 0.25) is 0 Å². The van der Waals surface area contributed by atoms with Gasteiger partial charge in [0.05, 0.1) is 19.1 Å². The first-order valence-corrected chi connectivity index (χ1v) is 6.83. The summed E-state index contributed by atoms with van der Waals surface area (Å²) in [5.74, 6) is -0.356. The summed E-state index contributed by atoms with van der Waals surface area (Å²) in [5, 5.41) is 3.45. The molecule has 0 aromatic heterocycles. The van der Waals surface area contributed by atoms with Crippen molar-refractivity contribution in [2.24, 2.45) is 5.92 Å². The van der Waals surface area contributed by atoms with Crippen LogP contribution in [0, 0.1) is 5.92 Å². The molecule has 2 rings (SSSR count). The predicted molar refractivity (Wildman–Crippen MR) is 72.6 cm³/mol. The summed E-state index contributed by atoms with van der Waals surface area (Å²) < 4.78 is 10.5. The second-order valence-electron chi connectivity index (χ2n) is 4.70. The first kappa shape index (κ1) is 14.0.